The molecule has 0 aromatic heterocycles. The Balaban J connectivity index is 1.53. The average Bonchev–Trinajstić information content (AvgIpc) is 2.77. The zero-order valence-corrected chi connectivity index (χ0v) is 17.0. The predicted octanol–water partition coefficient (Wildman–Crippen LogP) is 2.37. The van der Waals surface area contributed by atoms with Crippen LogP contribution in [0.4, 0.5) is 10.1 Å². The number of hydroxylamine groups is 1. The van der Waals surface area contributed by atoms with Gasteiger partial charge in [-0.05, 0) is 42.7 Å². The summed E-state index contributed by atoms with van der Waals surface area (Å²) in [5.74, 6) is -1.12. The van der Waals surface area contributed by atoms with Crippen molar-refractivity contribution in [3.8, 4) is 0 Å². The average molecular weight is 420 g/mol. The van der Waals surface area contributed by atoms with Crippen LogP contribution in [0.5, 0.6) is 0 Å². The number of nitrogens with one attached hydrogen (secondary N) is 1. The number of hydrogen-bond acceptors (Lipinski definition) is 4. The molecule has 0 saturated carbocycles. The Morgan fingerprint density at radius 3 is 2.34 bits per heavy atom. The third-order valence-corrected chi connectivity index (χ3v) is 6.80. The second-order valence-corrected chi connectivity index (χ2v) is 8.57. The van der Waals surface area contributed by atoms with Crippen LogP contribution in [0.3, 0.4) is 0 Å². The van der Waals surface area contributed by atoms with Gasteiger partial charge in [0.05, 0.1) is 16.9 Å². The third kappa shape index (κ3) is 6.09. The fourth-order valence-corrected chi connectivity index (χ4v) is 4.89. The molecule has 29 heavy (non-hydrogen) atoms. The maximum Gasteiger partial charge on any atom is 0.247 e. The first kappa shape index (κ1) is 21.4. The lowest BCUT2D eigenvalue weighted by molar-refractivity contribution is -0.132. The minimum atomic E-state index is -1.32. The molecule has 1 aliphatic heterocycles. The van der Waals surface area contributed by atoms with Gasteiger partial charge in [0.15, 0.2) is 0 Å². The number of benzene rings is 2. The summed E-state index contributed by atoms with van der Waals surface area (Å²) in [6, 6.07) is 16.1. The fourth-order valence-electron chi connectivity index (χ4n) is 3.45. The van der Waals surface area contributed by atoms with E-state index in [-0.39, 0.29) is 11.6 Å². The van der Waals surface area contributed by atoms with Gasteiger partial charge >= 0.3 is 0 Å². The molecule has 0 bridgehead atoms. The van der Waals surface area contributed by atoms with E-state index >= 15 is 0 Å². The molecule has 1 aliphatic rings. The van der Waals surface area contributed by atoms with E-state index in [1.165, 1.54) is 12.1 Å². The fraction of sp³-hybridized carbons (Fsp3) is 0.381. The first-order valence-corrected chi connectivity index (χ1v) is 11.0. The molecule has 1 fully saturated rings. The first-order valence-electron chi connectivity index (χ1n) is 9.68. The molecule has 1 heterocycles. The van der Waals surface area contributed by atoms with Crippen LogP contribution in [0.15, 0.2) is 54.6 Å². The van der Waals surface area contributed by atoms with Gasteiger partial charge in [-0.1, -0.05) is 30.3 Å². The molecule has 2 N–H and O–H groups in total. The van der Waals surface area contributed by atoms with Crippen molar-refractivity contribution in [2.45, 2.75) is 12.8 Å². The number of aryl methyl sites for hydroxylation is 1. The predicted molar refractivity (Wildman–Crippen MR) is 111 cm³/mol. The quantitative estimate of drug-likeness (QED) is 0.509. The number of halogens is 1. The topological polar surface area (TPSA) is 72.9 Å². The van der Waals surface area contributed by atoms with Gasteiger partial charge in [-0.2, -0.15) is 0 Å². The van der Waals surface area contributed by atoms with E-state index in [4.69, 9.17) is 5.21 Å². The molecule has 1 amide bonds. The van der Waals surface area contributed by atoms with Crippen molar-refractivity contribution in [3.05, 3.63) is 66.0 Å². The van der Waals surface area contributed by atoms with Crippen molar-refractivity contribution in [1.29, 1.82) is 0 Å². The van der Waals surface area contributed by atoms with Gasteiger partial charge in [0.1, 0.15) is 5.82 Å². The molecule has 0 radical (unpaired) electrons. The summed E-state index contributed by atoms with van der Waals surface area (Å²) in [4.78, 5) is 14.2. The number of hydrogen-bond donors (Lipinski definition) is 2. The monoisotopic (exact) mass is 419 g/mol. The summed E-state index contributed by atoms with van der Waals surface area (Å²) >= 11 is 0. The Kier molecular flexibility index (Phi) is 7.74. The summed E-state index contributed by atoms with van der Waals surface area (Å²) in [5, 5.41) is 9.06. The number of nitrogens with zero attached hydrogens (tertiary/aromatic N) is 2. The lowest BCUT2D eigenvalue weighted by Crippen LogP contribution is -2.48. The largest absolute Gasteiger partial charge is 0.369 e. The summed E-state index contributed by atoms with van der Waals surface area (Å²) in [7, 11) is -1.32. The van der Waals surface area contributed by atoms with Crippen LogP contribution in [-0.4, -0.2) is 51.6 Å². The maximum absolute atomic E-state index is 13.1. The number of carbonyl (C=O) groups is 1. The molecule has 0 aliphatic carbocycles. The third-order valence-electron chi connectivity index (χ3n) is 5.17. The van der Waals surface area contributed by atoms with Crippen LogP contribution in [-0.2, 0) is 22.2 Å². The highest BCUT2D eigenvalue weighted by molar-refractivity contribution is 7.82. The molecular weight excluding hydrogens is 393 g/mol. The standard InChI is InChI=1S/C21H26FN3O3S/c22-19-8-10-20(11-9-19)24-12-14-25(15-13-24)29(28)16-18(21(26)23-27)7-6-17-4-2-1-3-5-17/h1-5,8-11,18,27H,6-7,12-16H2,(H,23,26). The van der Waals surface area contributed by atoms with Crippen LogP contribution in [0.1, 0.15) is 12.0 Å². The lowest BCUT2D eigenvalue weighted by atomic mass is 10.0. The van der Waals surface area contributed by atoms with Crippen molar-refractivity contribution < 1.29 is 18.6 Å². The minimum absolute atomic E-state index is 0.176. The van der Waals surface area contributed by atoms with Gasteiger partial charge in [-0.15, -0.1) is 0 Å². The Morgan fingerprint density at radius 1 is 1.07 bits per heavy atom. The van der Waals surface area contributed by atoms with Crippen molar-refractivity contribution in [1.82, 2.24) is 9.79 Å². The number of piperazine rings is 1. The molecule has 1 saturated heterocycles. The molecule has 156 valence electrons. The van der Waals surface area contributed by atoms with Crippen LogP contribution < -0.4 is 10.4 Å². The van der Waals surface area contributed by atoms with Crippen molar-refractivity contribution in [2.75, 3.05) is 36.8 Å². The molecule has 8 heteroatoms. The Labute approximate surface area is 172 Å². The van der Waals surface area contributed by atoms with Crippen LogP contribution in [0.25, 0.3) is 0 Å². The maximum atomic E-state index is 13.1. The molecule has 6 nitrogen and oxygen atoms in total. The SMILES string of the molecule is O=C(NO)C(CCc1ccccc1)CS(=O)N1CCN(c2ccc(F)cc2)CC1. The molecule has 3 rings (SSSR count). The lowest BCUT2D eigenvalue weighted by Gasteiger charge is -2.35. The van der Waals surface area contributed by atoms with Crippen LogP contribution >= 0.6 is 0 Å². The normalized spacial score (nSPS) is 17.0. The van der Waals surface area contributed by atoms with Gasteiger partial charge in [0.25, 0.3) is 0 Å². The Morgan fingerprint density at radius 2 is 1.72 bits per heavy atom. The van der Waals surface area contributed by atoms with E-state index in [1.54, 1.807) is 17.6 Å². The van der Waals surface area contributed by atoms with E-state index < -0.39 is 22.8 Å². The molecule has 2 aromatic rings. The first-order chi connectivity index (χ1) is 14.1. The van der Waals surface area contributed by atoms with Gasteiger partial charge in [0, 0.05) is 37.6 Å². The number of amides is 1. The molecular formula is C21H26FN3O3S. The van der Waals surface area contributed by atoms with Gasteiger partial charge in [0.2, 0.25) is 5.91 Å². The van der Waals surface area contributed by atoms with Gasteiger partial charge < -0.3 is 4.90 Å². The highest BCUT2D eigenvalue weighted by Crippen LogP contribution is 2.19. The molecule has 0 spiro atoms. The summed E-state index contributed by atoms with van der Waals surface area (Å²) < 4.78 is 27.8. The van der Waals surface area contributed by atoms with Crippen molar-refractivity contribution >= 4 is 22.6 Å². The minimum Gasteiger partial charge on any atom is -0.369 e. The van der Waals surface area contributed by atoms with E-state index in [2.05, 4.69) is 4.90 Å². The molecule has 2 aromatic carbocycles. The smallest absolute Gasteiger partial charge is 0.247 e. The van der Waals surface area contributed by atoms with E-state index in [0.717, 1.165) is 11.3 Å². The highest BCUT2D eigenvalue weighted by atomic mass is 32.2. The summed E-state index contributed by atoms with van der Waals surface area (Å²) in [6.45, 7) is 2.54. The Hall–Kier alpha value is -2.29. The second-order valence-electron chi connectivity index (χ2n) is 7.08. The van der Waals surface area contributed by atoms with Gasteiger partial charge in [-0.3, -0.25) is 10.0 Å². The van der Waals surface area contributed by atoms with Crippen LogP contribution in [0.2, 0.25) is 0 Å². The van der Waals surface area contributed by atoms with E-state index in [9.17, 15) is 13.4 Å². The zero-order valence-electron chi connectivity index (χ0n) is 16.2. The van der Waals surface area contributed by atoms with Gasteiger partial charge in [-0.25, -0.2) is 18.4 Å². The van der Waals surface area contributed by atoms with Crippen molar-refractivity contribution in [2.24, 2.45) is 5.92 Å². The van der Waals surface area contributed by atoms with E-state index in [1.807, 2.05) is 34.6 Å². The molecule has 2 atom stereocenters. The second kappa shape index (κ2) is 10.5. The van der Waals surface area contributed by atoms with E-state index in [0.29, 0.717) is 39.0 Å². The number of rotatable bonds is 8. The molecule has 2 unspecified atom stereocenters. The number of carbonyl (C=O) groups excluding carboxylic acids is 1. The number of anilines is 1. The van der Waals surface area contributed by atoms with Crippen LogP contribution in [0, 0.1) is 11.7 Å². The zero-order chi connectivity index (χ0) is 20.6. The Bertz CT molecular complexity index is 812. The van der Waals surface area contributed by atoms with Crippen molar-refractivity contribution in [3.63, 3.8) is 0 Å². The summed E-state index contributed by atoms with van der Waals surface area (Å²) in [5.41, 5.74) is 3.75. The summed E-state index contributed by atoms with van der Waals surface area (Å²) in [6.07, 6.45) is 1.19. The highest BCUT2D eigenvalue weighted by Gasteiger charge is 2.26.